The van der Waals surface area contributed by atoms with Gasteiger partial charge in [0.1, 0.15) is 10.1 Å². The fraction of sp³-hybridized carbons (Fsp3) is 0.579. The highest BCUT2D eigenvalue weighted by Gasteiger charge is 2.39. The summed E-state index contributed by atoms with van der Waals surface area (Å²) in [4.78, 5) is 14.2. The summed E-state index contributed by atoms with van der Waals surface area (Å²) in [5, 5.41) is 1.95. The van der Waals surface area contributed by atoms with E-state index in [1.165, 1.54) is 0 Å². The predicted octanol–water partition coefficient (Wildman–Crippen LogP) is 7.00. The fourth-order valence-electron chi connectivity index (χ4n) is 1.38. The average molecular weight is 402 g/mol. The predicted molar refractivity (Wildman–Crippen MR) is 113 cm³/mol. The van der Waals surface area contributed by atoms with E-state index in [-0.39, 0.29) is 10.3 Å². The van der Waals surface area contributed by atoms with Crippen LogP contribution in [0.15, 0.2) is 40.6 Å². The Labute approximate surface area is 163 Å². The third-order valence-electron chi connectivity index (χ3n) is 3.82. The van der Waals surface area contributed by atoms with Gasteiger partial charge in [-0.3, -0.25) is 4.79 Å². The van der Waals surface area contributed by atoms with Crippen LogP contribution in [-0.2, 0) is 9.22 Å². The van der Waals surface area contributed by atoms with Crippen molar-refractivity contribution < 1.29 is 9.22 Å². The first kappa shape index (κ1) is 24.2. The van der Waals surface area contributed by atoms with Gasteiger partial charge in [0.05, 0.1) is 0 Å². The highest BCUT2D eigenvalue weighted by atomic mass is 35.5. The molecule has 0 bridgehead atoms. The minimum atomic E-state index is -1.78. The van der Waals surface area contributed by atoms with E-state index in [1.54, 1.807) is 11.8 Å². The molecule has 0 saturated heterocycles. The molecule has 6 heteroatoms. The lowest BCUT2D eigenvalue weighted by Gasteiger charge is -2.37. The van der Waals surface area contributed by atoms with Crippen molar-refractivity contribution in [3.05, 3.63) is 35.6 Å². The van der Waals surface area contributed by atoms with Crippen LogP contribution in [0.25, 0.3) is 0 Å². The van der Waals surface area contributed by atoms with Crippen molar-refractivity contribution in [1.29, 1.82) is 0 Å². The number of carbonyl (C=O) groups excluding carboxylic acids is 1. The Morgan fingerprint density at radius 1 is 1.32 bits per heavy atom. The van der Waals surface area contributed by atoms with Gasteiger partial charge < -0.3 is 4.43 Å². The first-order chi connectivity index (χ1) is 11.5. The van der Waals surface area contributed by atoms with E-state index in [0.29, 0.717) is 6.42 Å². The molecule has 1 rings (SSSR count). The second kappa shape index (κ2) is 11.8. The molecule has 3 nitrogen and oxygen atoms in total. The molecule has 0 amide bonds. The molecule has 0 aliphatic rings. The number of pyridine rings is 1. The van der Waals surface area contributed by atoms with Crippen LogP contribution in [0.1, 0.15) is 53.9 Å². The Balaban J connectivity index is 0.000000823. The van der Waals surface area contributed by atoms with Gasteiger partial charge >= 0.3 is 0 Å². The van der Waals surface area contributed by atoms with Gasteiger partial charge in [0.2, 0.25) is 5.24 Å². The zero-order valence-corrected chi connectivity index (χ0v) is 19.1. The molecular weight excluding hydrogens is 370 g/mol. The van der Waals surface area contributed by atoms with Gasteiger partial charge in [-0.1, -0.05) is 40.7 Å². The van der Waals surface area contributed by atoms with E-state index in [9.17, 15) is 4.79 Å². The summed E-state index contributed by atoms with van der Waals surface area (Å²) in [7, 11) is -1.78. The monoisotopic (exact) mass is 401 g/mol. The molecule has 0 atom stereocenters. The lowest BCUT2D eigenvalue weighted by atomic mass is 10.2. The van der Waals surface area contributed by atoms with Crippen LogP contribution in [0.4, 0.5) is 0 Å². The standard InChI is InChI=1S/C15H25NOSSi.C4H7ClO/c1-7-10-14(17-19(5,6)15(2,3)4)18-13-11-8-9-12-16-13;1-2-3-4(5)6/h8-12H,7H2,1-6H3;2-3H2,1H3/b14-10+;. The molecule has 0 saturated carbocycles. The van der Waals surface area contributed by atoms with E-state index in [2.05, 4.69) is 51.8 Å². The summed E-state index contributed by atoms with van der Waals surface area (Å²) in [5.41, 5.74) is 0. The summed E-state index contributed by atoms with van der Waals surface area (Å²) < 4.78 is 6.37. The molecule has 1 aromatic heterocycles. The maximum atomic E-state index is 9.81. The first-order valence-corrected chi connectivity index (χ1v) is 12.8. The van der Waals surface area contributed by atoms with Gasteiger partial charge in [0, 0.05) is 12.6 Å². The molecule has 0 fully saturated rings. The largest absolute Gasteiger partial charge is 0.539 e. The Morgan fingerprint density at radius 3 is 2.32 bits per heavy atom. The van der Waals surface area contributed by atoms with Crippen molar-refractivity contribution in [2.45, 2.75) is 77.0 Å². The van der Waals surface area contributed by atoms with Crippen LogP contribution in [0, 0.1) is 0 Å². The molecule has 0 aromatic carbocycles. The van der Waals surface area contributed by atoms with Crippen LogP contribution >= 0.6 is 23.4 Å². The number of nitrogens with zero attached hydrogens (tertiary/aromatic N) is 1. The zero-order valence-electron chi connectivity index (χ0n) is 16.6. The second-order valence-corrected chi connectivity index (χ2v) is 13.3. The van der Waals surface area contributed by atoms with Gasteiger partial charge in [-0.25, -0.2) is 4.98 Å². The second-order valence-electron chi connectivity index (χ2n) is 7.17. The molecule has 0 aliphatic heterocycles. The summed E-state index contributed by atoms with van der Waals surface area (Å²) in [6.07, 6.45) is 6.30. The van der Waals surface area contributed by atoms with Crippen LogP contribution in [0.5, 0.6) is 0 Å². The molecule has 142 valence electrons. The number of halogens is 1. The molecule has 1 aromatic rings. The van der Waals surface area contributed by atoms with Gasteiger partial charge in [0.25, 0.3) is 8.32 Å². The van der Waals surface area contributed by atoms with E-state index >= 15 is 0 Å². The van der Waals surface area contributed by atoms with Crippen molar-refractivity contribution in [3.8, 4) is 0 Å². The number of aromatic nitrogens is 1. The van der Waals surface area contributed by atoms with E-state index in [4.69, 9.17) is 16.0 Å². The van der Waals surface area contributed by atoms with Crippen LogP contribution < -0.4 is 0 Å². The Hall–Kier alpha value is -0.783. The van der Waals surface area contributed by atoms with Gasteiger partial charge in [0.15, 0.2) is 0 Å². The fourth-order valence-corrected chi connectivity index (χ4v) is 3.97. The summed E-state index contributed by atoms with van der Waals surface area (Å²) >= 11 is 6.56. The van der Waals surface area contributed by atoms with Crippen molar-refractivity contribution in [1.82, 2.24) is 4.98 Å². The SMILES string of the molecule is CC/C=C(\O[Si](C)(C)C(C)(C)C)Sc1ccccn1.CCCC(=O)Cl. The van der Waals surface area contributed by atoms with Crippen LogP contribution in [0.2, 0.25) is 18.1 Å². The number of carbonyl (C=O) groups is 1. The quantitative estimate of drug-likeness (QED) is 0.213. The van der Waals surface area contributed by atoms with Gasteiger partial charge in [-0.2, -0.15) is 0 Å². The highest BCUT2D eigenvalue weighted by Crippen LogP contribution is 2.40. The maximum Gasteiger partial charge on any atom is 0.251 e. The van der Waals surface area contributed by atoms with E-state index in [0.717, 1.165) is 23.0 Å². The topological polar surface area (TPSA) is 39.2 Å². The lowest BCUT2D eigenvalue weighted by molar-refractivity contribution is -0.111. The lowest BCUT2D eigenvalue weighted by Crippen LogP contribution is -2.40. The minimum absolute atomic E-state index is 0.213. The first-order valence-electron chi connectivity index (χ1n) is 8.69. The third-order valence-corrected chi connectivity index (χ3v) is 9.40. The average Bonchev–Trinajstić information content (AvgIpc) is 2.47. The van der Waals surface area contributed by atoms with Crippen LogP contribution in [0.3, 0.4) is 0 Å². The molecule has 0 spiro atoms. The van der Waals surface area contributed by atoms with Crippen LogP contribution in [-0.4, -0.2) is 18.5 Å². The normalized spacial score (nSPS) is 12.2. The molecular formula is C19H32ClNO2SSi. The molecule has 0 unspecified atom stereocenters. The number of thioether (sulfide) groups is 1. The maximum absolute atomic E-state index is 9.81. The molecule has 0 N–H and O–H groups in total. The van der Waals surface area contributed by atoms with Crippen molar-refractivity contribution >= 4 is 36.9 Å². The Kier molecular flexibility index (Phi) is 11.4. The number of rotatable bonds is 7. The Bertz CT molecular complexity index is 542. The van der Waals surface area contributed by atoms with Crippen molar-refractivity contribution in [2.24, 2.45) is 0 Å². The summed E-state index contributed by atoms with van der Waals surface area (Å²) in [6, 6.07) is 5.95. The Morgan fingerprint density at radius 2 is 1.96 bits per heavy atom. The number of allylic oxidation sites excluding steroid dienone is 1. The molecule has 25 heavy (non-hydrogen) atoms. The number of hydrogen-bond acceptors (Lipinski definition) is 4. The van der Waals surface area contributed by atoms with Gasteiger partial charge in [-0.05, 0) is 72.5 Å². The highest BCUT2D eigenvalue weighted by molar-refractivity contribution is 8.02. The minimum Gasteiger partial charge on any atom is -0.539 e. The zero-order chi connectivity index (χ0) is 19.5. The number of hydrogen-bond donors (Lipinski definition) is 0. The van der Waals surface area contributed by atoms with Crippen molar-refractivity contribution in [2.75, 3.05) is 0 Å². The third kappa shape index (κ3) is 10.7. The molecule has 1 heterocycles. The van der Waals surface area contributed by atoms with Gasteiger partial charge in [-0.15, -0.1) is 0 Å². The smallest absolute Gasteiger partial charge is 0.251 e. The van der Waals surface area contributed by atoms with E-state index < -0.39 is 8.32 Å². The van der Waals surface area contributed by atoms with E-state index in [1.807, 2.05) is 31.3 Å². The summed E-state index contributed by atoms with van der Waals surface area (Å²) in [6.45, 7) is 15.4. The summed E-state index contributed by atoms with van der Waals surface area (Å²) in [5.74, 6) is 0. The molecule has 0 radical (unpaired) electrons. The molecule has 0 aliphatic carbocycles. The van der Waals surface area contributed by atoms with Crippen molar-refractivity contribution in [3.63, 3.8) is 0 Å².